The highest BCUT2D eigenvalue weighted by Gasteiger charge is 2.26. The van der Waals surface area contributed by atoms with E-state index < -0.39 is 30.0 Å². The van der Waals surface area contributed by atoms with E-state index in [1.54, 1.807) is 6.92 Å². The maximum Gasteiger partial charge on any atom is 0.342 e. The third kappa shape index (κ3) is 3.77. The summed E-state index contributed by atoms with van der Waals surface area (Å²) in [4.78, 5) is 48.4. The number of nitrogens with two attached hydrogens (primary N) is 1. The minimum Gasteiger partial charge on any atom is -0.452 e. The van der Waals surface area contributed by atoms with Gasteiger partial charge in [-0.2, -0.15) is 0 Å². The predicted octanol–water partition coefficient (Wildman–Crippen LogP) is 1.70. The smallest absolute Gasteiger partial charge is 0.342 e. The van der Waals surface area contributed by atoms with Gasteiger partial charge in [0.05, 0.1) is 5.56 Å². The number of anilines is 1. The molecule has 0 unspecified atom stereocenters. The molecule has 2 aromatic rings. The summed E-state index contributed by atoms with van der Waals surface area (Å²) in [6, 6.07) is 1.18. The van der Waals surface area contributed by atoms with Crippen LogP contribution in [0.5, 0.6) is 0 Å². The molecule has 0 fully saturated rings. The molecule has 27 heavy (non-hydrogen) atoms. The van der Waals surface area contributed by atoms with Crippen LogP contribution >= 0.6 is 11.3 Å². The summed E-state index contributed by atoms with van der Waals surface area (Å²) >= 11 is 1.32. The molecule has 0 saturated carbocycles. The number of amides is 2. The van der Waals surface area contributed by atoms with Gasteiger partial charge in [-0.15, -0.1) is 11.3 Å². The average molecular weight is 390 g/mol. The summed E-state index contributed by atoms with van der Waals surface area (Å²) < 4.78 is 9.90. The molecule has 0 radical (unpaired) electrons. The zero-order valence-electron chi connectivity index (χ0n) is 14.8. The topological polar surface area (TPSA) is 129 Å². The zero-order valence-corrected chi connectivity index (χ0v) is 15.7. The average Bonchev–Trinajstić information content (AvgIpc) is 3.11. The minimum atomic E-state index is -0.771. The number of ether oxygens (including phenoxy) is 1. The molecule has 3 rings (SSSR count). The Labute approximate surface area is 158 Å². The van der Waals surface area contributed by atoms with Gasteiger partial charge < -0.3 is 20.2 Å². The standard InChI is InChI=1S/C18H18N2O6S/c1-8-6-13(22)26-9(2)14(8)18(24)25-7-12(21)20-17-15(16(19)23)10-4-3-5-11(10)27-17/h6H,3-5,7H2,1-2H3,(H2,19,23)(H,20,21). The van der Waals surface area contributed by atoms with Crippen LogP contribution in [0.4, 0.5) is 5.00 Å². The second-order valence-electron chi connectivity index (χ2n) is 6.23. The van der Waals surface area contributed by atoms with Gasteiger partial charge in [-0.25, -0.2) is 9.59 Å². The largest absolute Gasteiger partial charge is 0.452 e. The van der Waals surface area contributed by atoms with Crippen molar-refractivity contribution in [1.29, 1.82) is 0 Å². The molecule has 9 heteroatoms. The van der Waals surface area contributed by atoms with E-state index >= 15 is 0 Å². The van der Waals surface area contributed by atoms with Crippen molar-refractivity contribution in [2.75, 3.05) is 11.9 Å². The van der Waals surface area contributed by atoms with Crippen LogP contribution in [0.2, 0.25) is 0 Å². The predicted molar refractivity (Wildman–Crippen MR) is 98.2 cm³/mol. The minimum absolute atomic E-state index is 0.107. The summed E-state index contributed by atoms with van der Waals surface area (Å²) in [6.07, 6.45) is 2.56. The summed E-state index contributed by atoms with van der Waals surface area (Å²) in [6.45, 7) is 2.50. The first-order valence-electron chi connectivity index (χ1n) is 8.30. The number of aryl methyl sites for hydroxylation is 3. The maximum atomic E-state index is 12.2. The van der Waals surface area contributed by atoms with E-state index in [1.165, 1.54) is 24.3 Å². The highest BCUT2D eigenvalue weighted by molar-refractivity contribution is 7.17. The number of nitrogens with one attached hydrogen (secondary N) is 1. The van der Waals surface area contributed by atoms with Crippen molar-refractivity contribution in [3.8, 4) is 0 Å². The van der Waals surface area contributed by atoms with E-state index in [9.17, 15) is 19.2 Å². The van der Waals surface area contributed by atoms with Crippen molar-refractivity contribution >= 4 is 34.1 Å². The second kappa shape index (κ2) is 7.36. The van der Waals surface area contributed by atoms with Crippen molar-refractivity contribution < 1.29 is 23.5 Å². The Bertz CT molecular complexity index is 978. The lowest BCUT2D eigenvalue weighted by molar-refractivity contribution is -0.119. The number of carbonyl (C=O) groups excluding carboxylic acids is 3. The molecule has 3 N–H and O–H groups in total. The van der Waals surface area contributed by atoms with Crippen molar-refractivity contribution in [1.82, 2.24) is 0 Å². The zero-order chi connectivity index (χ0) is 19.7. The van der Waals surface area contributed by atoms with Gasteiger partial charge in [0.15, 0.2) is 6.61 Å². The third-order valence-corrected chi connectivity index (χ3v) is 5.50. The molecule has 2 heterocycles. The van der Waals surface area contributed by atoms with Crippen molar-refractivity contribution in [2.45, 2.75) is 33.1 Å². The Hall–Kier alpha value is -2.94. The lowest BCUT2D eigenvalue weighted by atomic mass is 10.1. The van der Waals surface area contributed by atoms with E-state index in [1.807, 2.05) is 0 Å². The van der Waals surface area contributed by atoms with Crippen LogP contribution in [-0.2, 0) is 22.4 Å². The normalized spacial score (nSPS) is 12.5. The Morgan fingerprint density at radius 3 is 2.67 bits per heavy atom. The van der Waals surface area contributed by atoms with Gasteiger partial charge in [0.2, 0.25) is 0 Å². The Morgan fingerprint density at radius 2 is 2.00 bits per heavy atom. The van der Waals surface area contributed by atoms with Crippen LogP contribution in [0.25, 0.3) is 0 Å². The van der Waals surface area contributed by atoms with Crippen molar-refractivity contribution in [3.05, 3.63) is 49.4 Å². The van der Waals surface area contributed by atoms with E-state index in [0.29, 0.717) is 16.1 Å². The Kier molecular flexibility index (Phi) is 5.13. The van der Waals surface area contributed by atoms with Crippen LogP contribution in [0, 0.1) is 13.8 Å². The fourth-order valence-corrected chi connectivity index (χ4v) is 4.49. The molecule has 0 aromatic carbocycles. The summed E-state index contributed by atoms with van der Waals surface area (Å²) in [5.74, 6) is -1.82. The number of rotatable bonds is 5. The fraction of sp³-hybridized carbons (Fsp3) is 0.333. The first-order chi connectivity index (χ1) is 12.8. The molecular formula is C18H18N2O6S. The fourth-order valence-electron chi connectivity index (χ4n) is 3.18. The molecule has 2 aromatic heterocycles. The van der Waals surface area contributed by atoms with Crippen LogP contribution in [0.15, 0.2) is 15.3 Å². The second-order valence-corrected chi connectivity index (χ2v) is 7.33. The highest BCUT2D eigenvalue weighted by atomic mass is 32.1. The summed E-state index contributed by atoms with van der Waals surface area (Å²) in [7, 11) is 0. The van der Waals surface area contributed by atoms with Crippen LogP contribution in [-0.4, -0.2) is 24.4 Å². The number of thiophene rings is 1. The molecule has 2 amide bonds. The van der Waals surface area contributed by atoms with Gasteiger partial charge in [0.25, 0.3) is 11.8 Å². The number of esters is 1. The van der Waals surface area contributed by atoms with Crippen molar-refractivity contribution in [3.63, 3.8) is 0 Å². The number of fused-ring (bicyclic) bond motifs is 1. The monoisotopic (exact) mass is 390 g/mol. The molecule has 0 aliphatic heterocycles. The van der Waals surface area contributed by atoms with Gasteiger partial charge in [0, 0.05) is 10.9 Å². The van der Waals surface area contributed by atoms with Crippen molar-refractivity contribution in [2.24, 2.45) is 5.73 Å². The van der Waals surface area contributed by atoms with E-state index in [-0.39, 0.29) is 11.3 Å². The Balaban J connectivity index is 1.68. The molecule has 0 atom stereocenters. The number of hydrogen-bond donors (Lipinski definition) is 2. The molecule has 0 spiro atoms. The first kappa shape index (κ1) is 18.8. The van der Waals surface area contributed by atoms with Gasteiger partial charge in [-0.3, -0.25) is 9.59 Å². The number of carbonyl (C=O) groups is 3. The molecule has 142 valence electrons. The first-order valence-corrected chi connectivity index (χ1v) is 9.12. The number of hydrogen-bond acceptors (Lipinski definition) is 7. The maximum absolute atomic E-state index is 12.2. The molecule has 0 bridgehead atoms. The van der Waals surface area contributed by atoms with Crippen LogP contribution in [0.3, 0.4) is 0 Å². The molecular weight excluding hydrogens is 372 g/mol. The van der Waals surface area contributed by atoms with E-state index in [2.05, 4.69) is 5.32 Å². The SMILES string of the molecule is Cc1cc(=O)oc(C)c1C(=O)OCC(=O)Nc1sc2c(c1C(N)=O)CCC2. The lowest BCUT2D eigenvalue weighted by Crippen LogP contribution is -2.23. The lowest BCUT2D eigenvalue weighted by Gasteiger charge is -2.09. The van der Waals surface area contributed by atoms with Gasteiger partial charge in [-0.1, -0.05) is 0 Å². The molecule has 8 nitrogen and oxygen atoms in total. The van der Waals surface area contributed by atoms with E-state index in [4.69, 9.17) is 14.9 Å². The highest BCUT2D eigenvalue weighted by Crippen LogP contribution is 2.38. The van der Waals surface area contributed by atoms with Gasteiger partial charge in [-0.05, 0) is 44.2 Å². The quantitative estimate of drug-likeness (QED) is 0.748. The molecule has 1 aliphatic rings. The van der Waals surface area contributed by atoms with Crippen LogP contribution in [0.1, 0.15) is 48.9 Å². The van der Waals surface area contributed by atoms with E-state index in [0.717, 1.165) is 29.7 Å². The number of primary amides is 1. The van der Waals surface area contributed by atoms with Gasteiger partial charge in [0.1, 0.15) is 16.3 Å². The molecule has 0 saturated heterocycles. The molecule has 1 aliphatic carbocycles. The summed E-state index contributed by atoms with van der Waals surface area (Å²) in [5.41, 5.74) is 6.62. The van der Waals surface area contributed by atoms with Gasteiger partial charge >= 0.3 is 11.6 Å². The Morgan fingerprint density at radius 1 is 1.26 bits per heavy atom. The third-order valence-electron chi connectivity index (χ3n) is 4.29. The summed E-state index contributed by atoms with van der Waals surface area (Å²) in [5, 5.41) is 2.98. The van der Waals surface area contributed by atoms with Crippen LogP contribution < -0.4 is 16.7 Å².